The molecule has 118 valence electrons. The largest absolute Gasteiger partial charge is 0.493 e. The highest BCUT2D eigenvalue weighted by Gasteiger charge is 2.31. The summed E-state index contributed by atoms with van der Waals surface area (Å²) in [5.41, 5.74) is 0.651. The molecule has 1 aliphatic carbocycles. The maximum absolute atomic E-state index is 13.0. The van der Waals surface area contributed by atoms with Crippen molar-refractivity contribution >= 4 is 0 Å². The summed E-state index contributed by atoms with van der Waals surface area (Å²) in [6.07, 6.45) is 5.31. The Morgan fingerprint density at radius 2 is 2.14 bits per heavy atom. The molecule has 2 rings (SSSR count). The first-order chi connectivity index (χ1) is 10.0. The molecule has 1 aliphatic rings. The van der Waals surface area contributed by atoms with Gasteiger partial charge in [-0.05, 0) is 69.7 Å². The van der Waals surface area contributed by atoms with Crippen LogP contribution in [-0.4, -0.2) is 29.9 Å². The van der Waals surface area contributed by atoms with Gasteiger partial charge < -0.3 is 15.2 Å². The average Bonchev–Trinajstić information content (AvgIpc) is 3.24. The van der Waals surface area contributed by atoms with Gasteiger partial charge in [0.15, 0.2) is 0 Å². The van der Waals surface area contributed by atoms with E-state index >= 15 is 0 Å². The van der Waals surface area contributed by atoms with Crippen molar-refractivity contribution in [2.45, 2.75) is 57.5 Å². The number of aliphatic hydroxyl groups is 1. The fraction of sp³-hybridized carbons (Fsp3) is 0.647. The standard InChI is InChI=1S/C17H26FNO2/c1-13-11-14(18)5-8-16(13)21-10-4-3-9-17(2,12-20)19-15-6-7-15/h5,8,11,15,19-20H,3-4,6-7,9-10,12H2,1-2H3. The summed E-state index contributed by atoms with van der Waals surface area (Å²) in [5, 5.41) is 13.0. The van der Waals surface area contributed by atoms with E-state index in [9.17, 15) is 9.50 Å². The van der Waals surface area contributed by atoms with Gasteiger partial charge in [-0.15, -0.1) is 0 Å². The highest BCUT2D eigenvalue weighted by molar-refractivity contribution is 5.32. The smallest absolute Gasteiger partial charge is 0.123 e. The van der Waals surface area contributed by atoms with E-state index in [-0.39, 0.29) is 18.0 Å². The Hall–Kier alpha value is -1.13. The van der Waals surface area contributed by atoms with Crippen LogP contribution < -0.4 is 10.1 Å². The van der Waals surface area contributed by atoms with E-state index in [1.165, 1.54) is 25.0 Å². The van der Waals surface area contributed by atoms with E-state index in [1.54, 1.807) is 6.07 Å². The molecule has 3 nitrogen and oxygen atoms in total. The number of aryl methyl sites for hydroxylation is 1. The number of rotatable bonds is 9. The van der Waals surface area contributed by atoms with E-state index in [1.807, 2.05) is 6.92 Å². The second kappa shape index (κ2) is 7.23. The van der Waals surface area contributed by atoms with Crippen LogP contribution in [0.5, 0.6) is 5.75 Å². The Morgan fingerprint density at radius 1 is 1.38 bits per heavy atom. The maximum atomic E-state index is 13.0. The Labute approximate surface area is 126 Å². The van der Waals surface area contributed by atoms with E-state index < -0.39 is 0 Å². The summed E-state index contributed by atoms with van der Waals surface area (Å²) in [7, 11) is 0. The summed E-state index contributed by atoms with van der Waals surface area (Å²) in [4.78, 5) is 0. The van der Waals surface area contributed by atoms with Gasteiger partial charge in [0.25, 0.3) is 0 Å². The number of nitrogens with one attached hydrogen (secondary N) is 1. The van der Waals surface area contributed by atoms with E-state index in [4.69, 9.17) is 4.74 Å². The minimum Gasteiger partial charge on any atom is -0.493 e. The van der Waals surface area contributed by atoms with Crippen molar-refractivity contribution in [2.24, 2.45) is 0 Å². The molecule has 0 heterocycles. The van der Waals surface area contributed by atoms with Crippen molar-refractivity contribution in [2.75, 3.05) is 13.2 Å². The monoisotopic (exact) mass is 295 g/mol. The van der Waals surface area contributed by atoms with Crippen molar-refractivity contribution in [3.63, 3.8) is 0 Å². The molecule has 1 atom stereocenters. The first-order valence-electron chi connectivity index (χ1n) is 7.80. The van der Waals surface area contributed by atoms with Gasteiger partial charge in [0, 0.05) is 11.6 Å². The van der Waals surface area contributed by atoms with E-state index in [0.717, 1.165) is 30.6 Å². The van der Waals surface area contributed by atoms with Gasteiger partial charge in [-0.2, -0.15) is 0 Å². The average molecular weight is 295 g/mol. The number of unbranched alkanes of at least 4 members (excludes halogenated alkanes) is 1. The van der Waals surface area contributed by atoms with Crippen molar-refractivity contribution < 1.29 is 14.2 Å². The Morgan fingerprint density at radius 3 is 2.76 bits per heavy atom. The predicted octanol–water partition coefficient (Wildman–Crippen LogP) is 3.19. The Bertz CT molecular complexity index is 462. The summed E-state index contributed by atoms with van der Waals surface area (Å²) in [5.74, 6) is 0.516. The van der Waals surface area contributed by atoms with Gasteiger partial charge in [0.05, 0.1) is 13.2 Å². The van der Waals surface area contributed by atoms with E-state index in [0.29, 0.717) is 12.6 Å². The molecule has 1 fully saturated rings. The zero-order valence-corrected chi connectivity index (χ0v) is 13.0. The second-order valence-corrected chi connectivity index (χ2v) is 6.35. The van der Waals surface area contributed by atoms with Crippen LogP contribution in [-0.2, 0) is 0 Å². The first kappa shape index (κ1) is 16.2. The van der Waals surface area contributed by atoms with Crippen LogP contribution in [0.2, 0.25) is 0 Å². The van der Waals surface area contributed by atoms with E-state index in [2.05, 4.69) is 12.2 Å². The molecule has 0 aliphatic heterocycles. The fourth-order valence-electron chi connectivity index (χ4n) is 2.49. The van der Waals surface area contributed by atoms with Crippen LogP contribution in [0, 0.1) is 12.7 Å². The highest BCUT2D eigenvalue weighted by Crippen LogP contribution is 2.25. The molecule has 4 heteroatoms. The number of benzene rings is 1. The van der Waals surface area contributed by atoms with Gasteiger partial charge in [-0.1, -0.05) is 0 Å². The molecular formula is C17H26FNO2. The molecule has 0 amide bonds. The lowest BCUT2D eigenvalue weighted by Crippen LogP contribution is -2.46. The number of hydrogen-bond acceptors (Lipinski definition) is 3. The molecule has 0 bridgehead atoms. The lowest BCUT2D eigenvalue weighted by atomic mass is 9.95. The quantitative estimate of drug-likeness (QED) is 0.688. The fourth-order valence-corrected chi connectivity index (χ4v) is 2.49. The molecule has 1 saturated carbocycles. The molecule has 1 unspecified atom stereocenters. The topological polar surface area (TPSA) is 41.5 Å². The number of halogens is 1. The minimum absolute atomic E-state index is 0.168. The highest BCUT2D eigenvalue weighted by atomic mass is 19.1. The summed E-state index contributed by atoms with van der Waals surface area (Å²) in [6.45, 7) is 4.72. The van der Waals surface area contributed by atoms with Gasteiger partial charge in [0.2, 0.25) is 0 Å². The van der Waals surface area contributed by atoms with Crippen LogP contribution in [0.15, 0.2) is 18.2 Å². The van der Waals surface area contributed by atoms with Crippen LogP contribution in [0.3, 0.4) is 0 Å². The lowest BCUT2D eigenvalue weighted by molar-refractivity contribution is 0.158. The van der Waals surface area contributed by atoms with Gasteiger partial charge >= 0.3 is 0 Å². The molecule has 0 aromatic heterocycles. The Kier molecular flexibility index (Phi) is 5.59. The van der Waals surface area contributed by atoms with Crippen LogP contribution in [0.25, 0.3) is 0 Å². The van der Waals surface area contributed by atoms with Crippen LogP contribution in [0.1, 0.15) is 44.6 Å². The van der Waals surface area contributed by atoms with Gasteiger partial charge in [-0.3, -0.25) is 0 Å². The molecule has 21 heavy (non-hydrogen) atoms. The number of hydrogen-bond donors (Lipinski definition) is 2. The lowest BCUT2D eigenvalue weighted by Gasteiger charge is -2.29. The zero-order valence-electron chi connectivity index (χ0n) is 13.0. The summed E-state index contributed by atoms with van der Waals surface area (Å²) >= 11 is 0. The molecule has 1 aromatic carbocycles. The summed E-state index contributed by atoms with van der Waals surface area (Å²) < 4.78 is 18.7. The molecular weight excluding hydrogens is 269 g/mol. The van der Waals surface area contributed by atoms with Crippen LogP contribution in [0.4, 0.5) is 4.39 Å². The van der Waals surface area contributed by atoms with Crippen molar-refractivity contribution in [3.05, 3.63) is 29.6 Å². The maximum Gasteiger partial charge on any atom is 0.123 e. The van der Waals surface area contributed by atoms with Gasteiger partial charge in [-0.25, -0.2) is 4.39 Å². The molecule has 0 spiro atoms. The third-order valence-electron chi connectivity index (χ3n) is 4.00. The normalized spacial score (nSPS) is 17.5. The zero-order chi connectivity index (χ0) is 15.3. The van der Waals surface area contributed by atoms with Crippen molar-refractivity contribution in [1.82, 2.24) is 5.32 Å². The number of aliphatic hydroxyl groups excluding tert-OH is 1. The SMILES string of the molecule is Cc1cc(F)ccc1OCCCCC(C)(CO)NC1CC1. The molecule has 1 aromatic rings. The number of ether oxygens (including phenoxy) is 1. The van der Waals surface area contributed by atoms with Crippen molar-refractivity contribution in [3.8, 4) is 5.75 Å². The molecule has 2 N–H and O–H groups in total. The second-order valence-electron chi connectivity index (χ2n) is 6.35. The summed E-state index contributed by atoms with van der Waals surface area (Å²) in [6, 6.07) is 5.18. The van der Waals surface area contributed by atoms with Gasteiger partial charge in [0.1, 0.15) is 11.6 Å². The predicted molar refractivity (Wildman–Crippen MR) is 82.1 cm³/mol. The first-order valence-corrected chi connectivity index (χ1v) is 7.80. The molecule has 0 radical (unpaired) electrons. The Balaban J connectivity index is 1.66. The minimum atomic E-state index is -0.232. The molecule has 0 saturated heterocycles. The third-order valence-corrected chi connectivity index (χ3v) is 4.00. The van der Waals surface area contributed by atoms with Crippen LogP contribution >= 0.6 is 0 Å². The third kappa shape index (κ3) is 5.29. The van der Waals surface area contributed by atoms with Crippen molar-refractivity contribution in [1.29, 1.82) is 0 Å².